The van der Waals surface area contributed by atoms with Gasteiger partial charge in [-0.05, 0) is 42.3 Å². The molecule has 1 aromatic carbocycles. The number of hydrogen-bond donors (Lipinski definition) is 3. The molecule has 1 heterocycles. The second kappa shape index (κ2) is 7.40. The Morgan fingerprint density at radius 3 is 2.38 bits per heavy atom. The third-order valence-electron chi connectivity index (χ3n) is 3.04. The number of aliphatic hydroxyl groups excluding tert-OH is 1. The molecule has 2 rings (SSSR count). The number of aromatic nitrogens is 1. The molecule has 0 aliphatic rings. The van der Waals surface area contributed by atoms with Gasteiger partial charge in [0.25, 0.3) is 5.91 Å². The molecule has 110 valence electrons. The van der Waals surface area contributed by atoms with Crippen LogP contribution < -0.4 is 10.6 Å². The number of carbonyl (C=O) groups excluding carboxylic acids is 1. The fourth-order valence-corrected chi connectivity index (χ4v) is 1.74. The van der Waals surface area contributed by atoms with Gasteiger partial charge < -0.3 is 15.7 Å². The highest BCUT2D eigenvalue weighted by Crippen LogP contribution is 2.16. The van der Waals surface area contributed by atoms with Crippen LogP contribution in [0.5, 0.6) is 0 Å². The van der Waals surface area contributed by atoms with Gasteiger partial charge in [-0.15, -0.1) is 0 Å². The van der Waals surface area contributed by atoms with Crippen LogP contribution in [-0.2, 0) is 0 Å². The van der Waals surface area contributed by atoms with E-state index in [2.05, 4.69) is 15.6 Å². The number of hydrogen-bond acceptors (Lipinski definition) is 4. The topological polar surface area (TPSA) is 74.2 Å². The first kappa shape index (κ1) is 15.0. The average molecular weight is 285 g/mol. The Kier molecular flexibility index (Phi) is 5.29. The summed E-state index contributed by atoms with van der Waals surface area (Å²) < 4.78 is 0. The second-order valence-corrected chi connectivity index (χ2v) is 4.94. The van der Waals surface area contributed by atoms with Crippen LogP contribution in [0.2, 0.25) is 0 Å². The summed E-state index contributed by atoms with van der Waals surface area (Å²) in [5, 5.41) is 14.9. The van der Waals surface area contributed by atoms with E-state index in [0.29, 0.717) is 12.1 Å². The molecule has 5 nitrogen and oxygen atoms in total. The van der Waals surface area contributed by atoms with E-state index in [1.807, 2.05) is 31.2 Å². The van der Waals surface area contributed by atoms with Crippen LogP contribution in [0.25, 0.3) is 0 Å². The maximum Gasteiger partial charge on any atom is 0.251 e. The van der Waals surface area contributed by atoms with Gasteiger partial charge >= 0.3 is 0 Å². The molecule has 0 saturated heterocycles. The van der Waals surface area contributed by atoms with E-state index in [9.17, 15) is 4.79 Å². The summed E-state index contributed by atoms with van der Waals surface area (Å²) in [5.41, 5.74) is 2.45. The van der Waals surface area contributed by atoms with Crippen molar-refractivity contribution in [2.24, 2.45) is 5.92 Å². The zero-order valence-corrected chi connectivity index (χ0v) is 11.9. The number of pyridine rings is 1. The number of carbonyl (C=O) groups is 1. The minimum atomic E-state index is -0.134. The van der Waals surface area contributed by atoms with E-state index in [1.165, 1.54) is 0 Å². The molecule has 1 atom stereocenters. The lowest BCUT2D eigenvalue weighted by molar-refractivity contribution is 0.0942. The van der Waals surface area contributed by atoms with Crippen molar-refractivity contribution in [3.8, 4) is 0 Å². The van der Waals surface area contributed by atoms with Gasteiger partial charge in [-0.25, -0.2) is 0 Å². The number of nitrogens with one attached hydrogen (secondary N) is 2. The summed E-state index contributed by atoms with van der Waals surface area (Å²) in [6.07, 6.45) is 3.43. The summed E-state index contributed by atoms with van der Waals surface area (Å²) in [5.74, 6) is -0.0765. The Bertz CT molecular complexity index is 570. The first-order valence-corrected chi connectivity index (χ1v) is 6.85. The largest absolute Gasteiger partial charge is 0.396 e. The third kappa shape index (κ3) is 4.57. The molecule has 1 amide bonds. The Labute approximate surface area is 124 Å². The van der Waals surface area contributed by atoms with Crippen LogP contribution in [-0.4, -0.2) is 29.1 Å². The SMILES string of the molecule is CC(CO)CNC(=O)c1ccc(Nc2ccncc2)cc1. The molecule has 1 unspecified atom stereocenters. The molecule has 21 heavy (non-hydrogen) atoms. The quantitative estimate of drug-likeness (QED) is 0.760. The van der Waals surface area contributed by atoms with Crippen LogP contribution in [0, 0.1) is 5.92 Å². The molecule has 0 spiro atoms. The van der Waals surface area contributed by atoms with Crippen LogP contribution in [0.1, 0.15) is 17.3 Å². The average Bonchev–Trinajstić information content (AvgIpc) is 2.54. The minimum Gasteiger partial charge on any atom is -0.396 e. The predicted molar refractivity (Wildman–Crippen MR) is 82.5 cm³/mol. The van der Waals surface area contributed by atoms with Gasteiger partial charge in [0.1, 0.15) is 0 Å². The molecule has 2 aromatic rings. The number of rotatable bonds is 6. The molecular weight excluding hydrogens is 266 g/mol. The highest BCUT2D eigenvalue weighted by molar-refractivity contribution is 5.94. The molecule has 0 fully saturated rings. The zero-order valence-electron chi connectivity index (χ0n) is 11.9. The summed E-state index contributed by atoms with van der Waals surface area (Å²) in [6.45, 7) is 2.41. The number of anilines is 2. The number of aliphatic hydroxyl groups is 1. The first-order chi connectivity index (χ1) is 10.2. The van der Waals surface area contributed by atoms with Gasteiger partial charge in [-0.2, -0.15) is 0 Å². The van der Waals surface area contributed by atoms with Gasteiger partial charge in [-0.3, -0.25) is 9.78 Å². The normalized spacial score (nSPS) is 11.7. The van der Waals surface area contributed by atoms with Gasteiger partial charge in [0.05, 0.1) is 0 Å². The monoisotopic (exact) mass is 285 g/mol. The van der Waals surface area contributed by atoms with E-state index < -0.39 is 0 Å². The fraction of sp³-hybridized carbons (Fsp3) is 0.250. The maximum absolute atomic E-state index is 11.9. The Morgan fingerprint density at radius 1 is 1.14 bits per heavy atom. The fourth-order valence-electron chi connectivity index (χ4n) is 1.74. The van der Waals surface area contributed by atoms with Crippen molar-refractivity contribution in [3.63, 3.8) is 0 Å². The summed E-state index contributed by atoms with van der Waals surface area (Å²) in [6, 6.07) is 11.0. The van der Waals surface area contributed by atoms with Gasteiger partial charge in [0, 0.05) is 42.5 Å². The van der Waals surface area contributed by atoms with Crippen molar-refractivity contribution in [1.29, 1.82) is 0 Å². The predicted octanol–water partition coefficient (Wildman–Crippen LogP) is 2.18. The first-order valence-electron chi connectivity index (χ1n) is 6.85. The molecule has 0 radical (unpaired) electrons. The second-order valence-electron chi connectivity index (χ2n) is 4.94. The Hall–Kier alpha value is -2.40. The van der Waals surface area contributed by atoms with Gasteiger partial charge in [0.2, 0.25) is 0 Å². The van der Waals surface area contributed by atoms with E-state index in [0.717, 1.165) is 11.4 Å². The molecule has 0 saturated carbocycles. The molecule has 1 aromatic heterocycles. The third-order valence-corrected chi connectivity index (χ3v) is 3.04. The van der Waals surface area contributed by atoms with E-state index in [4.69, 9.17) is 5.11 Å². The zero-order chi connectivity index (χ0) is 15.1. The summed E-state index contributed by atoms with van der Waals surface area (Å²) in [7, 11) is 0. The lowest BCUT2D eigenvalue weighted by Crippen LogP contribution is -2.29. The highest BCUT2D eigenvalue weighted by atomic mass is 16.3. The lowest BCUT2D eigenvalue weighted by atomic mass is 10.1. The number of nitrogens with zero attached hydrogens (tertiary/aromatic N) is 1. The van der Waals surface area contributed by atoms with Crippen molar-refractivity contribution in [2.45, 2.75) is 6.92 Å². The molecule has 5 heteroatoms. The van der Waals surface area contributed by atoms with Crippen LogP contribution >= 0.6 is 0 Å². The molecule has 0 aliphatic carbocycles. The smallest absolute Gasteiger partial charge is 0.251 e. The van der Waals surface area contributed by atoms with Crippen molar-refractivity contribution in [2.75, 3.05) is 18.5 Å². The van der Waals surface area contributed by atoms with Crippen molar-refractivity contribution in [1.82, 2.24) is 10.3 Å². The number of amides is 1. The summed E-state index contributed by atoms with van der Waals surface area (Å²) in [4.78, 5) is 15.9. The van der Waals surface area contributed by atoms with Crippen molar-refractivity contribution >= 4 is 17.3 Å². The van der Waals surface area contributed by atoms with Gasteiger partial charge in [0.15, 0.2) is 0 Å². The summed E-state index contributed by atoms with van der Waals surface area (Å²) >= 11 is 0. The highest BCUT2D eigenvalue weighted by Gasteiger charge is 2.07. The maximum atomic E-state index is 11.9. The Morgan fingerprint density at radius 2 is 1.76 bits per heavy atom. The van der Waals surface area contributed by atoms with Crippen molar-refractivity contribution in [3.05, 3.63) is 54.4 Å². The lowest BCUT2D eigenvalue weighted by Gasteiger charge is -2.10. The van der Waals surface area contributed by atoms with E-state index >= 15 is 0 Å². The Balaban J connectivity index is 1.94. The molecule has 0 aliphatic heterocycles. The standard InChI is InChI=1S/C16H19N3O2/c1-12(11-20)10-18-16(21)13-2-4-14(5-3-13)19-15-6-8-17-9-7-15/h2-9,12,20H,10-11H2,1H3,(H,17,19)(H,18,21). The van der Waals surface area contributed by atoms with Crippen LogP contribution in [0.3, 0.4) is 0 Å². The van der Waals surface area contributed by atoms with Crippen LogP contribution in [0.15, 0.2) is 48.8 Å². The van der Waals surface area contributed by atoms with Crippen molar-refractivity contribution < 1.29 is 9.90 Å². The van der Waals surface area contributed by atoms with Crippen LogP contribution in [0.4, 0.5) is 11.4 Å². The molecule has 3 N–H and O–H groups in total. The minimum absolute atomic E-state index is 0.0570. The molecule has 0 bridgehead atoms. The van der Waals surface area contributed by atoms with E-state index in [1.54, 1.807) is 24.5 Å². The van der Waals surface area contributed by atoms with Gasteiger partial charge in [-0.1, -0.05) is 6.92 Å². The van der Waals surface area contributed by atoms with E-state index in [-0.39, 0.29) is 18.4 Å². The molecular formula is C16H19N3O2. The number of benzene rings is 1.